The summed E-state index contributed by atoms with van der Waals surface area (Å²) in [6.07, 6.45) is 2.62. The first-order valence-electron chi connectivity index (χ1n) is 4.52. The van der Waals surface area contributed by atoms with Crippen LogP contribution < -0.4 is 0 Å². The topological polar surface area (TPSA) is 17.1 Å². The number of hydrogen-bond acceptors (Lipinski definition) is 1. The summed E-state index contributed by atoms with van der Waals surface area (Å²) in [6, 6.07) is 8.06. The number of rotatable bonds is 5. The monoisotopic (exact) mass is 252 g/mol. The van der Waals surface area contributed by atoms with E-state index < -0.39 is 0 Å². The zero-order chi connectivity index (χ0) is 10.4. The number of allylic oxidation sites excluding steroid dienone is 1. The van der Waals surface area contributed by atoms with E-state index in [0.29, 0.717) is 12.8 Å². The molecule has 0 amide bonds. The van der Waals surface area contributed by atoms with Crippen LogP contribution in [0.4, 0.5) is 0 Å². The maximum Gasteiger partial charge on any atom is 0.140 e. The summed E-state index contributed by atoms with van der Waals surface area (Å²) in [5, 5.41) is 0.855. The van der Waals surface area contributed by atoms with Crippen LogP contribution >= 0.6 is 15.9 Å². The smallest absolute Gasteiger partial charge is 0.140 e. The van der Waals surface area contributed by atoms with E-state index in [1.165, 1.54) is 5.56 Å². The van der Waals surface area contributed by atoms with Gasteiger partial charge in [0.25, 0.3) is 0 Å². The van der Waals surface area contributed by atoms with Crippen molar-refractivity contribution in [1.82, 2.24) is 0 Å². The predicted molar refractivity (Wildman–Crippen MR) is 62.6 cm³/mol. The third-order valence-electron chi connectivity index (χ3n) is 1.95. The SMILES string of the molecule is C=CCC(=O)Cc1ccc(CBr)cc1. The lowest BCUT2D eigenvalue weighted by Crippen LogP contribution is -2.00. The Morgan fingerprint density at radius 2 is 1.86 bits per heavy atom. The first-order valence-corrected chi connectivity index (χ1v) is 5.64. The summed E-state index contributed by atoms with van der Waals surface area (Å²) >= 11 is 3.38. The molecule has 14 heavy (non-hydrogen) atoms. The Labute approximate surface area is 93.0 Å². The minimum Gasteiger partial charge on any atom is -0.299 e. The molecule has 0 heterocycles. The third-order valence-corrected chi connectivity index (χ3v) is 2.60. The number of Topliss-reactive ketones (excluding diaryl/α,β-unsaturated/α-hetero) is 1. The van der Waals surface area contributed by atoms with Crippen LogP contribution in [-0.2, 0) is 16.5 Å². The molecule has 0 bridgehead atoms. The second kappa shape index (κ2) is 5.76. The van der Waals surface area contributed by atoms with Crippen molar-refractivity contribution >= 4 is 21.7 Å². The maximum absolute atomic E-state index is 11.3. The Balaban J connectivity index is 2.59. The van der Waals surface area contributed by atoms with Gasteiger partial charge in [-0.15, -0.1) is 6.58 Å². The Bertz CT molecular complexity index is 314. The van der Waals surface area contributed by atoms with E-state index in [4.69, 9.17) is 0 Å². The van der Waals surface area contributed by atoms with Gasteiger partial charge in [-0.05, 0) is 11.1 Å². The van der Waals surface area contributed by atoms with Crippen LogP contribution in [0.1, 0.15) is 17.5 Å². The molecule has 0 aromatic heterocycles. The molecular formula is C12H13BrO. The van der Waals surface area contributed by atoms with Gasteiger partial charge in [0, 0.05) is 18.2 Å². The summed E-state index contributed by atoms with van der Waals surface area (Å²) in [5.74, 6) is 0.214. The molecule has 1 aromatic rings. The molecule has 0 N–H and O–H groups in total. The van der Waals surface area contributed by atoms with Crippen molar-refractivity contribution in [2.75, 3.05) is 0 Å². The van der Waals surface area contributed by atoms with Crippen LogP contribution in [0, 0.1) is 0 Å². The molecule has 1 aromatic carbocycles. The molecule has 0 aliphatic carbocycles. The van der Waals surface area contributed by atoms with E-state index in [1.54, 1.807) is 6.08 Å². The average Bonchev–Trinajstić information content (AvgIpc) is 2.19. The van der Waals surface area contributed by atoms with Crippen molar-refractivity contribution < 1.29 is 4.79 Å². The molecular weight excluding hydrogens is 240 g/mol. The molecule has 0 saturated heterocycles. The van der Waals surface area contributed by atoms with Crippen LogP contribution in [0.25, 0.3) is 0 Å². The first kappa shape index (κ1) is 11.2. The van der Waals surface area contributed by atoms with Gasteiger partial charge in [-0.1, -0.05) is 46.3 Å². The van der Waals surface area contributed by atoms with Crippen molar-refractivity contribution in [1.29, 1.82) is 0 Å². The lowest BCUT2D eigenvalue weighted by molar-refractivity contribution is -0.117. The lowest BCUT2D eigenvalue weighted by Gasteiger charge is -2.00. The molecule has 0 saturated carbocycles. The van der Waals surface area contributed by atoms with Gasteiger partial charge in [-0.3, -0.25) is 4.79 Å². The fraction of sp³-hybridized carbons (Fsp3) is 0.250. The number of halogens is 1. The number of hydrogen-bond donors (Lipinski definition) is 0. The largest absolute Gasteiger partial charge is 0.299 e. The standard InChI is InChI=1S/C12H13BrO/c1-2-3-12(14)8-10-4-6-11(9-13)7-5-10/h2,4-7H,1,3,8-9H2. The van der Waals surface area contributed by atoms with Gasteiger partial charge < -0.3 is 0 Å². The first-order chi connectivity index (χ1) is 6.76. The Morgan fingerprint density at radius 1 is 1.29 bits per heavy atom. The number of alkyl halides is 1. The lowest BCUT2D eigenvalue weighted by atomic mass is 10.1. The summed E-state index contributed by atoms with van der Waals surface area (Å²) in [6.45, 7) is 3.54. The van der Waals surface area contributed by atoms with E-state index in [1.807, 2.05) is 24.3 Å². The Kier molecular flexibility index (Phi) is 4.60. The van der Waals surface area contributed by atoms with Crippen LogP contribution in [-0.4, -0.2) is 5.78 Å². The summed E-state index contributed by atoms with van der Waals surface area (Å²) in [5.41, 5.74) is 2.30. The summed E-state index contributed by atoms with van der Waals surface area (Å²) < 4.78 is 0. The second-order valence-corrected chi connectivity index (χ2v) is 3.72. The summed E-state index contributed by atoms with van der Waals surface area (Å²) in [7, 11) is 0. The average molecular weight is 253 g/mol. The van der Waals surface area contributed by atoms with Crippen LogP contribution in [0.3, 0.4) is 0 Å². The van der Waals surface area contributed by atoms with Gasteiger partial charge in [-0.25, -0.2) is 0 Å². The highest BCUT2D eigenvalue weighted by Gasteiger charge is 2.00. The number of benzene rings is 1. The molecule has 0 atom stereocenters. The van der Waals surface area contributed by atoms with E-state index >= 15 is 0 Å². The molecule has 1 rings (SSSR count). The molecule has 1 nitrogen and oxygen atoms in total. The zero-order valence-electron chi connectivity index (χ0n) is 8.00. The normalized spacial score (nSPS) is 9.79. The van der Waals surface area contributed by atoms with Gasteiger partial charge in [0.2, 0.25) is 0 Å². The van der Waals surface area contributed by atoms with E-state index in [-0.39, 0.29) is 5.78 Å². The van der Waals surface area contributed by atoms with E-state index in [2.05, 4.69) is 22.5 Å². The Morgan fingerprint density at radius 3 is 2.36 bits per heavy atom. The number of carbonyl (C=O) groups is 1. The van der Waals surface area contributed by atoms with Crippen LogP contribution in [0.15, 0.2) is 36.9 Å². The van der Waals surface area contributed by atoms with E-state index in [0.717, 1.165) is 10.9 Å². The van der Waals surface area contributed by atoms with Gasteiger partial charge in [-0.2, -0.15) is 0 Å². The van der Waals surface area contributed by atoms with Gasteiger partial charge >= 0.3 is 0 Å². The van der Waals surface area contributed by atoms with Gasteiger partial charge in [0.15, 0.2) is 0 Å². The molecule has 0 aliphatic heterocycles. The number of ketones is 1. The van der Waals surface area contributed by atoms with Crippen molar-refractivity contribution in [2.24, 2.45) is 0 Å². The van der Waals surface area contributed by atoms with Crippen molar-refractivity contribution in [3.63, 3.8) is 0 Å². The highest BCUT2D eigenvalue weighted by Crippen LogP contribution is 2.09. The third kappa shape index (κ3) is 3.46. The minimum atomic E-state index is 0.214. The molecule has 0 radical (unpaired) electrons. The van der Waals surface area contributed by atoms with Crippen LogP contribution in [0.5, 0.6) is 0 Å². The van der Waals surface area contributed by atoms with Gasteiger partial charge in [0.1, 0.15) is 5.78 Å². The maximum atomic E-state index is 11.3. The molecule has 0 aliphatic rings. The Hall–Kier alpha value is -0.890. The molecule has 2 heteroatoms. The van der Waals surface area contributed by atoms with Crippen molar-refractivity contribution in [2.45, 2.75) is 18.2 Å². The fourth-order valence-corrected chi connectivity index (χ4v) is 1.58. The van der Waals surface area contributed by atoms with E-state index in [9.17, 15) is 4.79 Å². The quantitative estimate of drug-likeness (QED) is 0.581. The molecule has 0 spiro atoms. The molecule has 0 unspecified atom stereocenters. The highest BCUT2D eigenvalue weighted by atomic mass is 79.9. The number of carbonyl (C=O) groups excluding carboxylic acids is 1. The fourth-order valence-electron chi connectivity index (χ4n) is 1.21. The van der Waals surface area contributed by atoms with Gasteiger partial charge in [0.05, 0.1) is 0 Å². The molecule has 0 fully saturated rings. The zero-order valence-corrected chi connectivity index (χ0v) is 9.59. The molecule has 74 valence electrons. The highest BCUT2D eigenvalue weighted by molar-refractivity contribution is 9.08. The predicted octanol–water partition coefficient (Wildman–Crippen LogP) is 3.27. The van der Waals surface area contributed by atoms with Crippen molar-refractivity contribution in [3.05, 3.63) is 48.0 Å². The van der Waals surface area contributed by atoms with Crippen LogP contribution in [0.2, 0.25) is 0 Å². The minimum absolute atomic E-state index is 0.214. The summed E-state index contributed by atoms with van der Waals surface area (Å²) in [4.78, 5) is 11.3. The van der Waals surface area contributed by atoms with Crippen molar-refractivity contribution in [3.8, 4) is 0 Å². The second-order valence-electron chi connectivity index (χ2n) is 3.16.